The first-order valence-corrected chi connectivity index (χ1v) is 6.79. The van der Waals surface area contributed by atoms with Gasteiger partial charge in [-0.05, 0) is 54.2 Å². The van der Waals surface area contributed by atoms with Crippen LogP contribution in [0.25, 0.3) is 0 Å². The Hall–Kier alpha value is -0.480. The molecule has 0 amide bonds. The van der Waals surface area contributed by atoms with Gasteiger partial charge in [0.25, 0.3) is 0 Å². The van der Waals surface area contributed by atoms with Gasteiger partial charge in [-0.2, -0.15) is 0 Å². The number of hydrogen-bond acceptors (Lipinski definition) is 2. The van der Waals surface area contributed by atoms with Crippen LogP contribution in [0, 0.1) is 6.92 Å². The van der Waals surface area contributed by atoms with E-state index in [9.17, 15) is 4.39 Å². The van der Waals surface area contributed by atoms with Crippen molar-refractivity contribution in [1.29, 1.82) is 0 Å². The van der Waals surface area contributed by atoms with E-state index in [4.69, 9.17) is 0 Å². The van der Waals surface area contributed by atoms with Gasteiger partial charge in [0.1, 0.15) is 10.3 Å². The lowest BCUT2D eigenvalue weighted by molar-refractivity contribution is 0.0703. The first kappa shape index (κ1) is 13.0. The summed E-state index contributed by atoms with van der Waals surface area (Å²) in [6.45, 7) is 6.27. The summed E-state index contributed by atoms with van der Waals surface area (Å²) < 4.78 is 14.5. The fourth-order valence-electron chi connectivity index (χ4n) is 2.14. The van der Waals surface area contributed by atoms with Gasteiger partial charge < -0.3 is 0 Å². The summed E-state index contributed by atoms with van der Waals surface area (Å²) in [7, 11) is 0. The van der Waals surface area contributed by atoms with Crippen LogP contribution in [0.5, 0.6) is 0 Å². The fraction of sp³-hybridized carbons (Fsp3) is 0.615. The standard InChI is InChI=1S/C13H18BrFN2/c1-10-11(3-4-12(14)16-10)9-17-7-5-13(2,15)6-8-17/h3-4H,5-9H2,1-2H3. The molecular weight excluding hydrogens is 283 g/mol. The minimum Gasteiger partial charge on any atom is -0.299 e. The highest BCUT2D eigenvalue weighted by molar-refractivity contribution is 9.10. The van der Waals surface area contributed by atoms with Gasteiger partial charge in [0.05, 0.1) is 0 Å². The molecule has 1 fully saturated rings. The molecule has 0 bridgehead atoms. The van der Waals surface area contributed by atoms with E-state index in [1.165, 1.54) is 5.56 Å². The third-order valence-corrected chi connectivity index (χ3v) is 3.90. The van der Waals surface area contributed by atoms with Crippen LogP contribution in [0.4, 0.5) is 4.39 Å². The van der Waals surface area contributed by atoms with Crippen LogP contribution >= 0.6 is 15.9 Å². The Morgan fingerprint density at radius 3 is 2.65 bits per heavy atom. The molecule has 1 aliphatic heterocycles. The Morgan fingerprint density at radius 1 is 1.41 bits per heavy atom. The van der Waals surface area contributed by atoms with Crippen molar-refractivity contribution in [3.05, 3.63) is 28.0 Å². The van der Waals surface area contributed by atoms with Gasteiger partial charge in [0.15, 0.2) is 0 Å². The number of likely N-dealkylation sites (tertiary alicyclic amines) is 1. The molecule has 2 rings (SSSR count). The summed E-state index contributed by atoms with van der Waals surface area (Å²) in [6, 6.07) is 4.06. The average Bonchev–Trinajstić information content (AvgIpc) is 2.25. The van der Waals surface area contributed by atoms with E-state index in [1.54, 1.807) is 6.92 Å². The van der Waals surface area contributed by atoms with Gasteiger partial charge in [-0.15, -0.1) is 0 Å². The summed E-state index contributed by atoms with van der Waals surface area (Å²) in [5, 5.41) is 0. The van der Waals surface area contributed by atoms with Crippen LogP contribution in [0.2, 0.25) is 0 Å². The van der Waals surface area contributed by atoms with E-state index in [-0.39, 0.29) is 0 Å². The van der Waals surface area contributed by atoms with Crippen molar-refractivity contribution >= 4 is 15.9 Å². The van der Waals surface area contributed by atoms with Crippen molar-refractivity contribution in [2.75, 3.05) is 13.1 Å². The molecule has 0 aromatic carbocycles. The number of alkyl halides is 1. The minimum absolute atomic E-state index is 0.635. The van der Waals surface area contributed by atoms with E-state index in [2.05, 4.69) is 31.9 Å². The van der Waals surface area contributed by atoms with Crippen molar-refractivity contribution in [2.24, 2.45) is 0 Å². The van der Waals surface area contributed by atoms with Crippen molar-refractivity contribution in [3.63, 3.8) is 0 Å². The van der Waals surface area contributed by atoms with Gasteiger partial charge in [-0.25, -0.2) is 9.37 Å². The van der Waals surface area contributed by atoms with Crippen LogP contribution in [0.1, 0.15) is 31.0 Å². The second-order valence-corrected chi connectivity index (χ2v) is 5.88. The second-order valence-electron chi connectivity index (χ2n) is 5.07. The number of aryl methyl sites for hydroxylation is 1. The van der Waals surface area contributed by atoms with E-state index in [0.717, 1.165) is 29.9 Å². The molecule has 94 valence electrons. The number of piperidine rings is 1. The smallest absolute Gasteiger partial charge is 0.110 e. The average molecular weight is 301 g/mol. The van der Waals surface area contributed by atoms with Crippen LogP contribution in [0.3, 0.4) is 0 Å². The van der Waals surface area contributed by atoms with E-state index >= 15 is 0 Å². The Balaban J connectivity index is 1.98. The summed E-state index contributed by atoms with van der Waals surface area (Å²) in [6.07, 6.45) is 1.27. The Labute approximate surface area is 110 Å². The normalized spacial score (nSPS) is 20.5. The Morgan fingerprint density at radius 2 is 2.06 bits per heavy atom. The summed E-state index contributed by atoms with van der Waals surface area (Å²) in [5.41, 5.74) is 1.31. The molecule has 2 nitrogen and oxygen atoms in total. The summed E-state index contributed by atoms with van der Waals surface area (Å²) in [4.78, 5) is 6.69. The van der Waals surface area contributed by atoms with E-state index in [0.29, 0.717) is 12.8 Å². The highest BCUT2D eigenvalue weighted by atomic mass is 79.9. The van der Waals surface area contributed by atoms with Crippen LogP contribution < -0.4 is 0 Å². The topological polar surface area (TPSA) is 16.1 Å². The number of pyridine rings is 1. The quantitative estimate of drug-likeness (QED) is 0.778. The zero-order chi connectivity index (χ0) is 12.5. The maximum Gasteiger partial charge on any atom is 0.110 e. The van der Waals surface area contributed by atoms with Crippen molar-refractivity contribution < 1.29 is 4.39 Å². The Bertz CT molecular complexity index is 396. The molecule has 1 aliphatic rings. The first-order valence-electron chi connectivity index (χ1n) is 6.00. The van der Waals surface area contributed by atoms with Gasteiger partial charge in [-0.3, -0.25) is 4.90 Å². The first-order chi connectivity index (χ1) is 7.96. The molecule has 1 saturated heterocycles. The predicted molar refractivity (Wildman–Crippen MR) is 70.7 cm³/mol. The Kier molecular flexibility index (Phi) is 3.83. The molecule has 0 saturated carbocycles. The molecule has 0 spiro atoms. The molecule has 1 aromatic heterocycles. The highest BCUT2D eigenvalue weighted by Gasteiger charge is 2.29. The van der Waals surface area contributed by atoms with Crippen LogP contribution in [-0.2, 0) is 6.54 Å². The van der Waals surface area contributed by atoms with Gasteiger partial charge in [0.2, 0.25) is 0 Å². The van der Waals surface area contributed by atoms with Crippen LogP contribution in [0.15, 0.2) is 16.7 Å². The largest absolute Gasteiger partial charge is 0.299 e. The molecule has 2 heterocycles. The van der Waals surface area contributed by atoms with Gasteiger partial charge in [-0.1, -0.05) is 6.07 Å². The second kappa shape index (κ2) is 5.02. The number of hydrogen-bond donors (Lipinski definition) is 0. The van der Waals surface area contributed by atoms with Gasteiger partial charge in [0, 0.05) is 25.3 Å². The molecule has 0 N–H and O–H groups in total. The molecule has 4 heteroatoms. The zero-order valence-corrected chi connectivity index (χ0v) is 11.9. The monoisotopic (exact) mass is 300 g/mol. The molecule has 0 atom stereocenters. The minimum atomic E-state index is -0.969. The number of halogens is 2. The summed E-state index contributed by atoms with van der Waals surface area (Å²) in [5.74, 6) is 0. The lowest BCUT2D eigenvalue weighted by Gasteiger charge is -2.34. The highest BCUT2D eigenvalue weighted by Crippen LogP contribution is 2.26. The van der Waals surface area contributed by atoms with Crippen LogP contribution in [-0.4, -0.2) is 28.6 Å². The molecule has 0 unspecified atom stereocenters. The molecule has 17 heavy (non-hydrogen) atoms. The lowest BCUT2D eigenvalue weighted by atomic mass is 9.95. The maximum atomic E-state index is 13.7. The maximum absolute atomic E-state index is 13.7. The summed E-state index contributed by atoms with van der Waals surface area (Å²) >= 11 is 3.36. The third kappa shape index (κ3) is 3.49. The SMILES string of the molecule is Cc1nc(Br)ccc1CN1CCC(C)(F)CC1. The number of nitrogens with zero attached hydrogens (tertiary/aromatic N) is 2. The third-order valence-electron chi connectivity index (χ3n) is 3.45. The number of rotatable bonds is 2. The molecule has 1 aromatic rings. The zero-order valence-electron chi connectivity index (χ0n) is 10.3. The predicted octanol–water partition coefficient (Wildman–Crippen LogP) is 3.48. The van der Waals surface area contributed by atoms with Crippen molar-refractivity contribution in [1.82, 2.24) is 9.88 Å². The lowest BCUT2D eigenvalue weighted by Crippen LogP contribution is -2.39. The van der Waals surface area contributed by atoms with Crippen molar-refractivity contribution in [2.45, 2.75) is 38.9 Å². The molecule has 0 radical (unpaired) electrons. The van der Waals surface area contributed by atoms with E-state index < -0.39 is 5.67 Å². The van der Waals surface area contributed by atoms with E-state index in [1.807, 2.05) is 13.0 Å². The van der Waals surface area contributed by atoms with Crippen molar-refractivity contribution in [3.8, 4) is 0 Å². The molecular formula is C13H18BrFN2. The number of aromatic nitrogens is 1. The molecule has 0 aliphatic carbocycles. The fourth-order valence-corrected chi connectivity index (χ4v) is 2.54. The van der Waals surface area contributed by atoms with Gasteiger partial charge >= 0.3 is 0 Å².